The van der Waals surface area contributed by atoms with Gasteiger partial charge >= 0.3 is 0 Å². The van der Waals surface area contributed by atoms with Gasteiger partial charge in [-0.3, -0.25) is 0 Å². The molecule has 1 aliphatic heterocycles. The van der Waals surface area contributed by atoms with Gasteiger partial charge in [-0.05, 0) is 29.2 Å². The van der Waals surface area contributed by atoms with Crippen molar-refractivity contribution in [3.05, 3.63) is 35.4 Å². The molecular weight excluding hydrogens is 172 g/mol. The first kappa shape index (κ1) is 9.32. The summed E-state index contributed by atoms with van der Waals surface area (Å²) in [6.07, 6.45) is 4.18. The number of rotatable bonds is 0. The minimum Gasteiger partial charge on any atom is -0.489 e. The Morgan fingerprint density at radius 1 is 1.21 bits per heavy atom. The van der Waals surface area contributed by atoms with E-state index in [0.29, 0.717) is 6.61 Å². The van der Waals surface area contributed by atoms with Gasteiger partial charge in [-0.1, -0.05) is 32.9 Å². The molecule has 1 nitrogen and oxygen atoms in total. The molecule has 0 N–H and O–H groups in total. The first-order chi connectivity index (χ1) is 6.57. The number of benzene rings is 1. The lowest BCUT2D eigenvalue weighted by Crippen LogP contribution is -2.12. The molecule has 0 unspecified atom stereocenters. The van der Waals surface area contributed by atoms with Gasteiger partial charge in [0, 0.05) is 5.56 Å². The van der Waals surface area contributed by atoms with E-state index in [-0.39, 0.29) is 5.41 Å². The molecule has 2 rings (SSSR count). The topological polar surface area (TPSA) is 9.23 Å². The van der Waals surface area contributed by atoms with E-state index in [1.165, 1.54) is 11.1 Å². The van der Waals surface area contributed by atoms with Crippen LogP contribution >= 0.6 is 0 Å². The summed E-state index contributed by atoms with van der Waals surface area (Å²) in [4.78, 5) is 0. The van der Waals surface area contributed by atoms with Crippen molar-refractivity contribution in [2.45, 2.75) is 26.2 Å². The highest BCUT2D eigenvalue weighted by Gasteiger charge is 2.15. The number of fused-ring (bicyclic) bond motifs is 1. The van der Waals surface area contributed by atoms with E-state index in [1.807, 2.05) is 0 Å². The third kappa shape index (κ3) is 1.67. The second-order valence-corrected chi connectivity index (χ2v) is 4.72. The Morgan fingerprint density at radius 2 is 2.00 bits per heavy atom. The van der Waals surface area contributed by atoms with Gasteiger partial charge in [0.2, 0.25) is 0 Å². The summed E-state index contributed by atoms with van der Waals surface area (Å²) in [7, 11) is 0. The second-order valence-electron chi connectivity index (χ2n) is 4.72. The highest BCUT2D eigenvalue weighted by Crippen LogP contribution is 2.30. The Labute approximate surface area is 85.4 Å². The zero-order valence-electron chi connectivity index (χ0n) is 9.00. The van der Waals surface area contributed by atoms with Gasteiger partial charge in [0.15, 0.2) is 0 Å². The van der Waals surface area contributed by atoms with Crippen LogP contribution < -0.4 is 4.74 Å². The van der Waals surface area contributed by atoms with E-state index >= 15 is 0 Å². The molecule has 74 valence electrons. The molecule has 0 saturated heterocycles. The van der Waals surface area contributed by atoms with Crippen molar-refractivity contribution in [1.82, 2.24) is 0 Å². The molecule has 1 aromatic carbocycles. The molecule has 0 bridgehead atoms. The average Bonchev–Trinajstić information content (AvgIpc) is 2.16. The van der Waals surface area contributed by atoms with Crippen LogP contribution in [0, 0.1) is 0 Å². The maximum Gasteiger partial charge on any atom is 0.127 e. The van der Waals surface area contributed by atoms with Crippen molar-refractivity contribution in [1.29, 1.82) is 0 Å². The summed E-state index contributed by atoms with van der Waals surface area (Å²) in [6, 6.07) is 6.43. The Hall–Kier alpha value is -1.24. The van der Waals surface area contributed by atoms with Gasteiger partial charge in [-0.25, -0.2) is 0 Å². The predicted octanol–water partition coefficient (Wildman–Crippen LogP) is 3.39. The summed E-state index contributed by atoms with van der Waals surface area (Å²) < 4.78 is 5.50. The molecule has 14 heavy (non-hydrogen) atoms. The minimum absolute atomic E-state index is 0.209. The molecule has 1 heteroatoms. The van der Waals surface area contributed by atoms with Gasteiger partial charge in [0.05, 0.1) is 0 Å². The largest absolute Gasteiger partial charge is 0.489 e. The molecule has 1 aromatic rings. The van der Waals surface area contributed by atoms with Crippen LogP contribution in [-0.4, -0.2) is 6.61 Å². The van der Waals surface area contributed by atoms with Gasteiger partial charge in [-0.2, -0.15) is 0 Å². The van der Waals surface area contributed by atoms with Crippen molar-refractivity contribution in [2.24, 2.45) is 0 Å². The fourth-order valence-electron chi connectivity index (χ4n) is 1.59. The third-order valence-electron chi connectivity index (χ3n) is 2.51. The number of ether oxygens (including phenoxy) is 1. The summed E-state index contributed by atoms with van der Waals surface area (Å²) >= 11 is 0. The third-order valence-corrected chi connectivity index (χ3v) is 2.51. The lowest BCUT2D eigenvalue weighted by atomic mass is 9.86. The molecule has 0 spiro atoms. The first-order valence-electron chi connectivity index (χ1n) is 5.01. The molecule has 0 saturated carbocycles. The van der Waals surface area contributed by atoms with Gasteiger partial charge in [0.1, 0.15) is 12.4 Å². The Morgan fingerprint density at radius 3 is 2.71 bits per heavy atom. The molecule has 0 fully saturated rings. The molecule has 1 heterocycles. The van der Waals surface area contributed by atoms with E-state index in [2.05, 4.69) is 51.1 Å². The average molecular weight is 188 g/mol. The van der Waals surface area contributed by atoms with Crippen molar-refractivity contribution < 1.29 is 4.74 Å². The minimum atomic E-state index is 0.209. The van der Waals surface area contributed by atoms with E-state index in [0.717, 1.165) is 5.75 Å². The standard InChI is InChI=1S/C13H16O/c1-13(2,3)11-6-7-12-10(9-11)5-4-8-14-12/h4-7,9H,8H2,1-3H3. The van der Waals surface area contributed by atoms with E-state index < -0.39 is 0 Å². The van der Waals surface area contributed by atoms with Crippen molar-refractivity contribution >= 4 is 6.08 Å². The van der Waals surface area contributed by atoms with Gasteiger partial charge in [-0.15, -0.1) is 0 Å². The number of hydrogen-bond donors (Lipinski definition) is 0. The molecular formula is C13H16O. The van der Waals surface area contributed by atoms with E-state index in [4.69, 9.17) is 4.74 Å². The first-order valence-corrected chi connectivity index (χ1v) is 5.01. The van der Waals surface area contributed by atoms with Crippen molar-refractivity contribution in [2.75, 3.05) is 6.61 Å². The van der Waals surface area contributed by atoms with E-state index in [9.17, 15) is 0 Å². The molecule has 1 aliphatic rings. The predicted molar refractivity (Wildman–Crippen MR) is 59.7 cm³/mol. The fourth-order valence-corrected chi connectivity index (χ4v) is 1.59. The molecule has 0 aliphatic carbocycles. The summed E-state index contributed by atoms with van der Waals surface area (Å²) in [5.74, 6) is 1.00. The smallest absolute Gasteiger partial charge is 0.127 e. The van der Waals surface area contributed by atoms with Crippen LogP contribution in [0.2, 0.25) is 0 Å². The Balaban J connectivity index is 2.45. The zero-order valence-corrected chi connectivity index (χ0v) is 9.00. The number of hydrogen-bond acceptors (Lipinski definition) is 1. The summed E-state index contributed by atoms with van der Waals surface area (Å²) in [6.45, 7) is 7.37. The lowest BCUT2D eigenvalue weighted by Gasteiger charge is -2.21. The molecule has 0 amide bonds. The van der Waals surface area contributed by atoms with Crippen LogP contribution in [0.25, 0.3) is 6.08 Å². The maximum absolute atomic E-state index is 5.50. The summed E-state index contributed by atoms with van der Waals surface area (Å²) in [5.41, 5.74) is 2.76. The highest BCUT2D eigenvalue weighted by molar-refractivity contribution is 5.60. The SMILES string of the molecule is CC(C)(C)c1ccc2c(c1)C=CCO2. The van der Waals surface area contributed by atoms with Crippen LogP contribution in [0.5, 0.6) is 5.75 Å². The van der Waals surface area contributed by atoms with Crippen LogP contribution in [-0.2, 0) is 5.41 Å². The molecule has 0 aromatic heterocycles. The Bertz CT molecular complexity index is 369. The molecule has 0 atom stereocenters. The van der Waals surface area contributed by atoms with Gasteiger partial charge in [0.25, 0.3) is 0 Å². The zero-order chi connectivity index (χ0) is 10.2. The lowest BCUT2D eigenvalue weighted by molar-refractivity contribution is 0.358. The fraction of sp³-hybridized carbons (Fsp3) is 0.385. The second kappa shape index (κ2) is 3.16. The van der Waals surface area contributed by atoms with Crippen LogP contribution in [0.15, 0.2) is 24.3 Å². The van der Waals surface area contributed by atoms with Crippen LogP contribution in [0.3, 0.4) is 0 Å². The van der Waals surface area contributed by atoms with Crippen LogP contribution in [0.1, 0.15) is 31.9 Å². The molecule has 0 radical (unpaired) electrons. The van der Waals surface area contributed by atoms with Crippen molar-refractivity contribution in [3.63, 3.8) is 0 Å². The highest BCUT2D eigenvalue weighted by atomic mass is 16.5. The maximum atomic E-state index is 5.50. The Kier molecular flexibility index (Phi) is 2.10. The van der Waals surface area contributed by atoms with Gasteiger partial charge < -0.3 is 4.74 Å². The van der Waals surface area contributed by atoms with Crippen LogP contribution in [0.4, 0.5) is 0 Å². The summed E-state index contributed by atoms with van der Waals surface area (Å²) in [5, 5.41) is 0. The van der Waals surface area contributed by atoms with E-state index in [1.54, 1.807) is 0 Å². The quantitative estimate of drug-likeness (QED) is 0.606. The monoisotopic (exact) mass is 188 g/mol. The normalized spacial score (nSPS) is 14.8. The van der Waals surface area contributed by atoms with Crippen molar-refractivity contribution in [3.8, 4) is 5.75 Å².